The van der Waals surface area contributed by atoms with E-state index < -0.39 is 5.97 Å². The molecule has 2 aromatic heterocycles. The lowest BCUT2D eigenvalue weighted by Gasteiger charge is -2.10. The van der Waals surface area contributed by atoms with Gasteiger partial charge in [0.15, 0.2) is 5.65 Å². The lowest BCUT2D eigenvalue weighted by Crippen LogP contribution is -2.16. The second-order valence-electron chi connectivity index (χ2n) is 8.08. The summed E-state index contributed by atoms with van der Waals surface area (Å²) < 4.78 is 7.31. The first kappa shape index (κ1) is 23.9. The van der Waals surface area contributed by atoms with Crippen molar-refractivity contribution in [3.05, 3.63) is 84.5 Å². The van der Waals surface area contributed by atoms with E-state index in [1.165, 1.54) is 6.08 Å². The molecule has 0 aliphatic heterocycles. The van der Waals surface area contributed by atoms with Gasteiger partial charge in [-0.2, -0.15) is 0 Å². The number of para-hydroxylation sites is 2. The molecule has 0 fully saturated rings. The second-order valence-corrected chi connectivity index (χ2v) is 8.08. The highest BCUT2D eigenvalue weighted by Crippen LogP contribution is 2.31. The second kappa shape index (κ2) is 11.2. The van der Waals surface area contributed by atoms with Crippen molar-refractivity contribution in [3.63, 3.8) is 0 Å². The van der Waals surface area contributed by atoms with Gasteiger partial charge < -0.3 is 14.6 Å². The molecular formula is C28H28N4O3. The molecule has 0 saturated carbocycles. The summed E-state index contributed by atoms with van der Waals surface area (Å²) in [6.07, 6.45) is 7.57. The van der Waals surface area contributed by atoms with Gasteiger partial charge in [-0.15, -0.1) is 6.58 Å². The van der Waals surface area contributed by atoms with Gasteiger partial charge in [0.25, 0.3) is 0 Å². The fourth-order valence-corrected chi connectivity index (χ4v) is 3.81. The predicted molar refractivity (Wildman–Crippen MR) is 139 cm³/mol. The first-order chi connectivity index (χ1) is 17.1. The highest BCUT2D eigenvalue weighted by Gasteiger charge is 2.27. The van der Waals surface area contributed by atoms with Crippen LogP contribution in [-0.4, -0.2) is 33.0 Å². The van der Waals surface area contributed by atoms with E-state index >= 15 is 0 Å². The van der Waals surface area contributed by atoms with Crippen LogP contribution in [0, 0.1) is 0 Å². The Balaban J connectivity index is 1.79. The molecule has 0 bridgehead atoms. The summed E-state index contributed by atoms with van der Waals surface area (Å²) in [7, 11) is 0. The third-order valence-electron chi connectivity index (χ3n) is 5.52. The van der Waals surface area contributed by atoms with Crippen LogP contribution in [0.25, 0.3) is 28.3 Å². The van der Waals surface area contributed by atoms with Crippen molar-refractivity contribution in [2.24, 2.45) is 0 Å². The number of unbranched alkanes of at least 4 members (excludes halogenated alkanes) is 2. The molecule has 1 N–H and O–H groups in total. The molecule has 178 valence electrons. The van der Waals surface area contributed by atoms with Crippen LogP contribution in [-0.2, 0) is 16.1 Å². The van der Waals surface area contributed by atoms with Crippen LogP contribution in [0.4, 0.5) is 5.82 Å². The van der Waals surface area contributed by atoms with Gasteiger partial charge in [-0.25, -0.2) is 14.8 Å². The number of nitrogens with zero attached hydrogens (tertiary/aromatic N) is 3. The molecule has 35 heavy (non-hydrogen) atoms. The maximum atomic E-state index is 13.3. The number of anilines is 1. The number of fused-ring (bicyclic) bond motifs is 2. The van der Waals surface area contributed by atoms with Crippen LogP contribution in [0.1, 0.15) is 42.1 Å². The largest absolute Gasteiger partial charge is 0.462 e. The summed E-state index contributed by atoms with van der Waals surface area (Å²) in [4.78, 5) is 35.6. The molecule has 0 saturated heterocycles. The molecule has 0 unspecified atom stereocenters. The number of carbonyl (C=O) groups is 2. The zero-order valence-corrected chi connectivity index (χ0v) is 19.7. The Morgan fingerprint density at radius 3 is 2.46 bits per heavy atom. The molecule has 1 amide bonds. The zero-order valence-electron chi connectivity index (χ0n) is 19.7. The fraction of sp³-hybridized carbons (Fsp3) is 0.214. The average molecular weight is 469 g/mol. The van der Waals surface area contributed by atoms with Gasteiger partial charge in [-0.1, -0.05) is 68.3 Å². The van der Waals surface area contributed by atoms with Crippen molar-refractivity contribution >= 4 is 46.0 Å². The first-order valence-corrected chi connectivity index (χ1v) is 11.7. The van der Waals surface area contributed by atoms with Gasteiger partial charge in [0.05, 0.1) is 17.6 Å². The Hall–Kier alpha value is -4.26. The molecule has 0 aliphatic rings. The summed E-state index contributed by atoms with van der Waals surface area (Å²) in [5, 5.41) is 2.87. The van der Waals surface area contributed by atoms with E-state index in [0.717, 1.165) is 24.8 Å². The molecule has 7 heteroatoms. The van der Waals surface area contributed by atoms with Crippen molar-refractivity contribution < 1.29 is 14.3 Å². The minimum absolute atomic E-state index is 0.193. The van der Waals surface area contributed by atoms with Crippen molar-refractivity contribution in [2.75, 3.05) is 11.9 Å². The molecule has 0 radical (unpaired) electrons. The number of amides is 1. The highest BCUT2D eigenvalue weighted by atomic mass is 16.5. The normalized spacial score (nSPS) is 11.2. The number of aromatic nitrogens is 3. The molecule has 2 aromatic carbocycles. The van der Waals surface area contributed by atoms with Crippen molar-refractivity contribution in [1.82, 2.24) is 14.5 Å². The predicted octanol–water partition coefficient (Wildman–Crippen LogP) is 5.77. The lowest BCUT2D eigenvalue weighted by atomic mass is 10.2. The zero-order chi connectivity index (χ0) is 24.6. The van der Waals surface area contributed by atoms with Crippen LogP contribution in [0.15, 0.2) is 73.3 Å². The van der Waals surface area contributed by atoms with Gasteiger partial charge in [-0.05, 0) is 30.2 Å². The molecule has 0 atom stereocenters. The maximum Gasteiger partial charge on any atom is 0.344 e. The van der Waals surface area contributed by atoms with E-state index in [1.807, 2.05) is 54.6 Å². The fourth-order valence-electron chi connectivity index (χ4n) is 3.81. The summed E-state index contributed by atoms with van der Waals surface area (Å²) >= 11 is 0. The highest BCUT2D eigenvalue weighted by molar-refractivity contribution is 6.13. The van der Waals surface area contributed by atoms with Crippen molar-refractivity contribution in [1.29, 1.82) is 0 Å². The number of nitrogens with one attached hydrogen (secondary N) is 1. The van der Waals surface area contributed by atoms with E-state index in [4.69, 9.17) is 14.7 Å². The SMILES string of the molecule is C=CCn1c(NC(=O)/C=C/c2ccccc2)c(C(=O)OCCCCC)c2nc3ccccc3nc21. The molecule has 4 aromatic rings. The minimum Gasteiger partial charge on any atom is -0.462 e. The van der Waals surface area contributed by atoms with Gasteiger partial charge in [0, 0.05) is 12.6 Å². The van der Waals surface area contributed by atoms with Crippen molar-refractivity contribution in [3.8, 4) is 0 Å². The Labute approximate surface area is 204 Å². The van der Waals surface area contributed by atoms with Crippen LogP contribution in [0.2, 0.25) is 0 Å². The number of esters is 1. The monoisotopic (exact) mass is 468 g/mol. The van der Waals surface area contributed by atoms with E-state index in [2.05, 4.69) is 18.8 Å². The van der Waals surface area contributed by atoms with E-state index in [1.54, 1.807) is 16.7 Å². The molecule has 7 nitrogen and oxygen atoms in total. The summed E-state index contributed by atoms with van der Waals surface area (Å²) in [5.74, 6) is -0.634. The van der Waals surface area contributed by atoms with Gasteiger partial charge in [-0.3, -0.25) is 4.79 Å². The lowest BCUT2D eigenvalue weighted by molar-refractivity contribution is -0.111. The third-order valence-corrected chi connectivity index (χ3v) is 5.52. The summed E-state index contributed by atoms with van der Waals surface area (Å²) in [6, 6.07) is 16.9. The number of benzene rings is 2. The third kappa shape index (κ3) is 5.46. The number of hydrogen-bond donors (Lipinski definition) is 1. The Morgan fingerprint density at radius 1 is 1.03 bits per heavy atom. The number of carbonyl (C=O) groups excluding carboxylic acids is 2. The first-order valence-electron chi connectivity index (χ1n) is 11.7. The average Bonchev–Trinajstić information content (AvgIpc) is 3.16. The molecular weight excluding hydrogens is 440 g/mol. The van der Waals surface area contributed by atoms with E-state index in [-0.39, 0.29) is 11.5 Å². The molecule has 4 rings (SSSR count). The Morgan fingerprint density at radius 2 is 1.74 bits per heavy atom. The standard InChI is InChI=1S/C28H28N4O3/c1-3-5-11-19-35-28(34)24-25-27(30-22-15-10-9-14-21(22)29-25)32(18-4-2)26(24)31-23(33)17-16-20-12-7-6-8-13-20/h4,6-10,12-17H,2-3,5,11,18-19H2,1H3,(H,31,33)/b17-16+. The van der Waals surface area contributed by atoms with Crippen LogP contribution in [0.5, 0.6) is 0 Å². The summed E-state index contributed by atoms with van der Waals surface area (Å²) in [6.45, 7) is 6.54. The van der Waals surface area contributed by atoms with Crippen LogP contribution in [0.3, 0.4) is 0 Å². The van der Waals surface area contributed by atoms with Gasteiger partial charge in [0.2, 0.25) is 5.91 Å². The molecule has 0 aliphatic carbocycles. The van der Waals surface area contributed by atoms with E-state index in [9.17, 15) is 9.59 Å². The van der Waals surface area contributed by atoms with Gasteiger partial charge in [0.1, 0.15) is 16.9 Å². The Kier molecular flexibility index (Phi) is 7.67. The number of allylic oxidation sites excluding steroid dienone is 1. The maximum absolute atomic E-state index is 13.3. The number of rotatable bonds is 10. The Bertz CT molecular complexity index is 1390. The quantitative estimate of drug-likeness (QED) is 0.138. The van der Waals surface area contributed by atoms with Crippen molar-refractivity contribution in [2.45, 2.75) is 32.7 Å². The van der Waals surface area contributed by atoms with Gasteiger partial charge >= 0.3 is 5.97 Å². The number of hydrogen-bond acceptors (Lipinski definition) is 5. The topological polar surface area (TPSA) is 86.1 Å². The van der Waals surface area contributed by atoms with Crippen LogP contribution < -0.4 is 5.32 Å². The van der Waals surface area contributed by atoms with E-state index in [0.29, 0.717) is 41.2 Å². The van der Waals surface area contributed by atoms with Crippen LogP contribution >= 0.6 is 0 Å². The molecule has 0 spiro atoms. The number of ether oxygens (including phenoxy) is 1. The summed E-state index contributed by atoms with van der Waals surface area (Å²) in [5.41, 5.74) is 3.28. The molecule has 2 heterocycles. The minimum atomic E-state index is -0.541. The smallest absolute Gasteiger partial charge is 0.344 e.